The Balaban J connectivity index is 0.879. The molecule has 4 amide bonds. The number of hydrogen-bond acceptors (Lipinski definition) is 8. The molecule has 0 radical (unpaired) electrons. The topological polar surface area (TPSA) is 143 Å². The highest BCUT2D eigenvalue weighted by atomic mass is 35.5. The van der Waals surface area contributed by atoms with Gasteiger partial charge in [0, 0.05) is 57.1 Å². The number of nitrogens with zero attached hydrogens (tertiary/aromatic N) is 4. The van der Waals surface area contributed by atoms with Gasteiger partial charge in [-0.25, -0.2) is 9.97 Å². The summed E-state index contributed by atoms with van der Waals surface area (Å²) in [6.07, 6.45) is 2.37. The van der Waals surface area contributed by atoms with Crippen LogP contribution in [0.4, 0.5) is 11.4 Å². The van der Waals surface area contributed by atoms with Crippen LogP contribution in [0.2, 0.25) is 10.3 Å². The Bertz CT molecular complexity index is 2580. The van der Waals surface area contributed by atoms with E-state index in [0.29, 0.717) is 96.4 Å². The number of carbonyl (C=O) groups is 4. The number of aromatic nitrogens is 2. The minimum absolute atomic E-state index is 0.166. The summed E-state index contributed by atoms with van der Waals surface area (Å²) in [5.41, 5.74) is 2.96. The molecule has 2 N–H and O–H groups in total. The number of hydrogen-bond donors (Lipinski definition) is 2. The normalized spacial score (nSPS) is 15.9. The van der Waals surface area contributed by atoms with Crippen LogP contribution in [-0.4, -0.2) is 81.8 Å². The fraction of sp³-hybridized carbons (Fsp3) is 0.250. The van der Waals surface area contributed by atoms with Crippen LogP contribution in [0.3, 0.4) is 0 Å². The molecule has 2 saturated heterocycles. The predicted octanol–water partition coefficient (Wildman–Crippen LogP) is 8.77. The largest absolute Gasteiger partial charge is 0.493 e. The average Bonchev–Trinajstić information content (AvgIpc) is 3.98. The van der Waals surface area contributed by atoms with E-state index < -0.39 is 12.1 Å². The van der Waals surface area contributed by atoms with Gasteiger partial charge in [0.15, 0.2) is 0 Å². The molecule has 2 aromatic heterocycles. The van der Waals surface area contributed by atoms with Gasteiger partial charge in [0.25, 0.3) is 11.8 Å². The monoisotopic (exact) mass is 868 g/mol. The highest BCUT2D eigenvalue weighted by molar-refractivity contribution is 6.31. The molecule has 14 heteroatoms. The minimum atomic E-state index is -0.679. The Kier molecular flexibility index (Phi) is 12.6. The van der Waals surface area contributed by atoms with Crippen molar-refractivity contribution in [1.29, 1.82) is 0 Å². The number of fused-ring (bicyclic) bond motifs is 2. The van der Waals surface area contributed by atoms with Gasteiger partial charge in [0.2, 0.25) is 11.8 Å². The Morgan fingerprint density at radius 2 is 1.02 bits per heavy atom. The van der Waals surface area contributed by atoms with Crippen molar-refractivity contribution in [2.24, 2.45) is 0 Å². The third-order valence-corrected chi connectivity index (χ3v) is 11.3. The molecule has 0 saturated carbocycles. The number of rotatable bonds is 10. The maximum Gasteiger partial charge on any atom is 0.273 e. The molecule has 4 aromatic carbocycles. The van der Waals surface area contributed by atoms with Crippen molar-refractivity contribution in [3.05, 3.63) is 130 Å². The number of carbonyl (C=O) groups excluding carboxylic acids is 4. The van der Waals surface area contributed by atoms with Crippen LogP contribution in [0.5, 0.6) is 11.5 Å². The Morgan fingerprint density at radius 3 is 1.40 bits per heavy atom. The van der Waals surface area contributed by atoms with Crippen LogP contribution < -0.4 is 20.1 Å². The second kappa shape index (κ2) is 18.5. The highest BCUT2D eigenvalue weighted by Gasteiger charge is 2.37. The first kappa shape index (κ1) is 42.0. The smallest absolute Gasteiger partial charge is 0.273 e. The van der Waals surface area contributed by atoms with Crippen LogP contribution in [0.1, 0.15) is 71.6 Å². The van der Waals surface area contributed by atoms with Gasteiger partial charge in [-0.2, -0.15) is 0 Å². The Labute approximate surface area is 368 Å². The number of pyridine rings is 2. The number of halogens is 2. The summed E-state index contributed by atoms with van der Waals surface area (Å²) in [6.45, 7) is 5.50. The number of benzene rings is 4. The van der Waals surface area contributed by atoms with E-state index in [-0.39, 0.29) is 45.3 Å². The van der Waals surface area contributed by atoms with Gasteiger partial charge in [0.05, 0.1) is 13.2 Å². The van der Waals surface area contributed by atoms with Crippen molar-refractivity contribution in [1.82, 2.24) is 19.8 Å². The van der Waals surface area contributed by atoms with E-state index in [1.165, 1.54) is 0 Å². The van der Waals surface area contributed by atoms with Gasteiger partial charge in [-0.15, -0.1) is 0 Å². The highest BCUT2D eigenvalue weighted by Crippen LogP contribution is 2.34. The first-order valence-corrected chi connectivity index (χ1v) is 21.3. The van der Waals surface area contributed by atoms with Crippen molar-refractivity contribution < 1.29 is 28.7 Å². The molecule has 2 aliphatic heterocycles. The van der Waals surface area contributed by atoms with Gasteiger partial charge < -0.3 is 29.9 Å². The standard InChI is InChI=1S/C48H42Cl2N6O6/c1-3-61-39-13-5-9-33-35(39)27-41(49)53-43(33)47(59)55-25-7-11-37(55)45(57)51-31-21-17-29(18-22-31)15-16-30-19-23-32(24-20-30)52-46(58)38-12-8-26-56(38)48(60)44-34-10-6-14-40(62-4-2)36(34)28-42(50)54-44/h5-6,9-10,13-14,17-24,27-28,37-38H,3-4,7-8,11-12,25-26H2,1-2H3,(H,51,57)(H,52,58)/t37-,38-/m0/s1. The number of anilines is 2. The molecule has 8 rings (SSSR count). The van der Waals surface area contributed by atoms with E-state index in [0.717, 1.165) is 11.1 Å². The molecule has 2 atom stereocenters. The lowest BCUT2D eigenvalue weighted by Gasteiger charge is -2.24. The number of nitrogens with one attached hydrogen (secondary N) is 2. The molecule has 6 aromatic rings. The van der Waals surface area contributed by atoms with Gasteiger partial charge in [-0.1, -0.05) is 59.3 Å². The minimum Gasteiger partial charge on any atom is -0.493 e. The third kappa shape index (κ3) is 8.86. The summed E-state index contributed by atoms with van der Waals surface area (Å²) < 4.78 is 11.5. The summed E-state index contributed by atoms with van der Waals surface area (Å²) in [7, 11) is 0. The van der Waals surface area contributed by atoms with E-state index in [9.17, 15) is 19.2 Å². The molecule has 2 aliphatic rings. The third-order valence-electron chi connectivity index (χ3n) is 10.9. The number of ether oxygens (including phenoxy) is 2. The zero-order chi connectivity index (χ0) is 43.3. The summed E-state index contributed by atoms with van der Waals surface area (Å²) in [5.74, 6) is 6.17. The van der Waals surface area contributed by atoms with E-state index in [4.69, 9.17) is 32.7 Å². The second-order valence-corrected chi connectivity index (χ2v) is 15.6. The summed E-state index contributed by atoms with van der Waals surface area (Å²) in [6, 6.07) is 27.1. The second-order valence-electron chi connectivity index (χ2n) is 14.9. The van der Waals surface area contributed by atoms with E-state index in [2.05, 4.69) is 32.4 Å². The maximum atomic E-state index is 13.9. The van der Waals surface area contributed by atoms with Gasteiger partial charge in [-0.3, -0.25) is 19.2 Å². The van der Waals surface area contributed by atoms with Crippen LogP contribution in [0, 0.1) is 11.8 Å². The van der Waals surface area contributed by atoms with Crippen LogP contribution in [-0.2, 0) is 9.59 Å². The lowest BCUT2D eigenvalue weighted by atomic mass is 10.1. The molecule has 0 aliphatic carbocycles. The molecule has 12 nitrogen and oxygen atoms in total. The van der Waals surface area contributed by atoms with Crippen molar-refractivity contribution >= 4 is 79.8 Å². The zero-order valence-corrected chi connectivity index (χ0v) is 35.6. The van der Waals surface area contributed by atoms with Crippen molar-refractivity contribution in [2.45, 2.75) is 51.6 Å². The SMILES string of the molecule is CCOc1cccc2c(C(=O)N3CCC[C@H]3C(=O)Nc3ccc(C#Cc4ccc(NC(=O)[C@@H]5CCCN5C(=O)c5nc(Cl)cc6c(OCC)cccc56)cc4)cc3)nc(Cl)cc12. The van der Waals surface area contributed by atoms with Gasteiger partial charge >= 0.3 is 0 Å². The van der Waals surface area contributed by atoms with Gasteiger partial charge in [-0.05, 0) is 112 Å². The molecule has 0 unspecified atom stereocenters. The average molecular weight is 870 g/mol. The lowest BCUT2D eigenvalue weighted by molar-refractivity contribution is -0.120. The molecular weight excluding hydrogens is 827 g/mol. The van der Waals surface area contributed by atoms with E-state index in [1.807, 2.05) is 26.0 Å². The Hall–Kier alpha value is -6.68. The van der Waals surface area contributed by atoms with Crippen molar-refractivity contribution in [2.75, 3.05) is 36.9 Å². The van der Waals surface area contributed by atoms with Crippen LogP contribution in [0.25, 0.3) is 21.5 Å². The fourth-order valence-corrected chi connectivity index (χ4v) is 8.42. The van der Waals surface area contributed by atoms with Crippen LogP contribution >= 0.6 is 23.2 Å². The first-order chi connectivity index (χ1) is 30.1. The van der Waals surface area contributed by atoms with E-state index >= 15 is 0 Å². The molecule has 4 heterocycles. The van der Waals surface area contributed by atoms with E-state index in [1.54, 1.807) is 94.7 Å². The quantitative estimate of drug-likeness (QED) is 0.103. The molecule has 62 heavy (non-hydrogen) atoms. The zero-order valence-electron chi connectivity index (χ0n) is 34.0. The first-order valence-electron chi connectivity index (χ1n) is 20.5. The van der Waals surface area contributed by atoms with Crippen molar-refractivity contribution in [3.63, 3.8) is 0 Å². The number of amides is 4. The molecule has 2 fully saturated rings. The summed E-state index contributed by atoms with van der Waals surface area (Å²) >= 11 is 12.7. The molecule has 0 bridgehead atoms. The van der Waals surface area contributed by atoms with Crippen molar-refractivity contribution in [3.8, 4) is 23.3 Å². The maximum absolute atomic E-state index is 13.9. The molecule has 0 spiro atoms. The van der Waals surface area contributed by atoms with Gasteiger partial charge in [0.1, 0.15) is 45.3 Å². The predicted molar refractivity (Wildman–Crippen MR) is 240 cm³/mol. The number of likely N-dealkylation sites (tertiary alicyclic amines) is 2. The summed E-state index contributed by atoms with van der Waals surface area (Å²) in [4.78, 5) is 66.7. The van der Waals surface area contributed by atoms with Crippen LogP contribution in [0.15, 0.2) is 97.1 Å². The Morgan fingerprint density at radius 1 is 0.613 bits per heavy atom. The molecular formula is C48H42Cl2N6O6. The summed E-state index contributed by atoms with van der Waals surface area (Å²) in [5, 5.41) is 8.82. The molecule has 314 valence electrons. The lowest BCUT2D eigenvalue weighted by Crippen LogP contribution is -2.43. The fourth-order valence-electron chi connectivity index (χ4n) is 8.03.